The van der Waals surface area contributed by atoms with Crippen LogP contribution in [0, 0.1) is 0 Å². The van der Waals surface area contributed by atoms with Crippen LogP contribution in [0.4, 0.5) is 0 Å². The summed E-state index contributed by atoms with van der Waals surface area (Å²) in [6.45, 7) is 2.55. The Morgan fingerprint density at radius 3 is 2.44 bits per heavy atom. The number of hydrogen-bond donors (Lipinski definition) is 0. The molecule has 0 aliphatic rings. The molecular formula is C15H22O3. The van der Waals surface area contributed by atoms with Gasteiger partial charge in [-0.05, 0) is 12.5 Å². The minimum Gasteiger partial charge on any atom is -0.378 e. The van der Waals surface area contributed by atoms with Gasteiger partial charge in [0.15, 0.2) is 6.29 Å². The van der Waals surface area contributed by atoms with Gasteiger partial charge in [0.25, 0.3) is 0 Å². The third-order valence-corrected chi connectivity index (χ3v) is 2.65. The molecule has 2 unspecified atom stereocenters. The van der Waals surface area contributed by atoms with Crippen molar-refractivity contribution >= 4 is 0 Å². The number of methoxy groups -OCH3 is 2. The maximum absolute atomic E-state index is 5.68. The number of ether oxygens (including phenoxy) is 3. The van der Waals surface area contributed by atoms with Crippen LogP contribution in [0.3, 0.4) is 0 Å². The largest absolute Gasteiger partial charge is 0.378 e. The zero-order valence-electron chi connectivity index (χ0n) is 11.3. The van der Waals surface area contributed by atoms with Crippen molar-refractivity contribution in [2.24, 2.45) is 0 Å². The number of hydrogen-bond acceptors (Lipinski definition) is 3. The van der Waals surface area contributed by atoms with E-state index in [1.54, 1.807) is 14.2 Å². The highest BCUT2D eigenvalue weighted by Gasteiger charge is 2.05. The standard InChI is InChI=1S/C15H22O3/c1-13(16-2)8-7-11-15(17-3)18-12-14-9-5-4-6-10-14/h4-10,13,15H,11-12H2,1-3H3/b8-7-. The van der Waals surface area contributed by atoms with Crippen molar-refractivity contribution in [2.75, 3.05) is 14.2 Å². The molecule has 0 aliphatic carbocycles. The van der Waals surface area contributed by atoms with E-state index < -0.39 is 0 Å². The van der Waals surface area contributed by atoms with E-state index in [1.165, 1.54) is 0 Å². The highest BCUT2D eigenvalue weighted by atomic mass is 16.7. The third kappa shape index (κ3) is 5.96. The Morgan fingerprint density at radius 1 is 1.11 bits per heavy atom. The zero-order valence-corrected chi connectivity index (χ0v) is 11.3. The summed E-state index contributed by atoms with van der Waals surface area (Å²) in [7, 11) is 3.35. The van der Waals surface area contributed by atoms with Gasteiger partial charge in [0.2, 0.25) is 0 Å². The van der Waals surface area contributed by atoms with Crippen LogP contribution in [0.2, 0.25) is 0 Å². The van der Waals surface area contributed by atoms with Gasteiger partial charge in [-0.3, -0.25) is 0 Å². The molecule has 0 spiro atoms. The fourth-order valence-electron chi connectivity index (χ4n) is 1.46. The van der Waals surface area contributed by atoms with Crippen LogP contribution in [0.15, 0.2) is 42.5 Å². The van der Waals surface area contributed by atoms with E-state index >= 15 is 0 Å². The Morgan fingerprint density at radius 2 is 1.83 bits per heavy atom. The summed E-state index contributed by atoms with van der Waals surface area (Å²) in [5, 5.41) is 0. The molecule has 1 aromatic rings. The summed E-state index contributed by atoms with van der Waals surface area (Å²) in [6.07, 6.45) is 4.64. The van der Waals surface area contributed by atoms with Gasteiger partial charge in [-0.2, -0.15) is 0 Å². The highest BCUT2D eigenvalue weighted by molar-refractivity contribution is 5.13. The van der Waals surface area contributed by atoms with Crippen LogP contribution in [0.5, 0.6) is 0 Å². The molecule has 1 aromatic carbocycles. The SMILES string of the molecule is COC(C)/C=C\CC(OC)OCc1ccccc1. The summed E-state index contributed by atoms with van der Waals surface area (Å²) in [5.74, 6) is 0. The fourth-order valence-corrected chi connectivity index (χ4v) is 1.46. The lowest BCUT2D eigenvalue weighted by Crippen LogP contribution is -2.14. The quantitative estimate of drug-likeness (QED) is 0.524. The smallest absolute Gasteiger partial charge is 0.161 e. The van der Waals surface area contributed by atoms with Gasteiger partial charge in [0.1, 0.15) is 0 Å². The summed E-state index contributed by atoms with van der Waals surface area (Å²) in [5.41, 5.74) is 1.15. The van der Waals surface area contributed by atoms with Crippen molar-refractivity contribution in [1.82, 2.24) is 0 Å². The first-order valence-electron chi connectivity index (χ1n) is 6.14. The van der Waals surface area contributed by atoms with Gasteiger partial charge in [-0.15, -0.1) is 0 Å². The lowest BCUT2D eigenvalue weighted by Gasteiger charge is -2.14. The van der Waals surface area contributed by atoms with E-state index in [2.05, 4.69) is 0 Å². The van der Waals surface area contributed by atoms with Crippen LogP contribution in [0.1, 0.15) is 18.9 Å². The van der Waals surface area contributed by atoms with Crippen molar-refractivity contribution in [1.29, 1.82) is 0 Å². The molecule has 0 bridgehead atoms. The maximum atomic E-state index is 5.68. The van der Waals surface area contributed by atoms with E-state index in [0.717, 1.165) is 12.0 Å². The molecule has 0 aliphatic heterocycles. The van der Waals surface area contributed by atoms with E-state index in [-0.39, 0.29) is 12.4 Å². The zero-order chi connectivity index (χ0) is 13.2. The molecule has 100 valence electrons. The van der Waals surface area contributed by atoms with Crippen LogP contribution < -0.4 is 0 Å². The number of benzene rings is 1. The molecule has 0 fully saturated rings. The van der Waals surface area contributed by atoms with Gasteiger partial charge in [-0.1, -0.05) is 42.5 Å². The van der Waals surface area contributed by atoms with E-state index in [0.29, 0.717) is 6.61 Å². The summed E-state index contributed by atoms with van der Waals surface area (Å²) in [4.78, 5) is 0. The summed E-state index contributed by atoms with van der Waals surface area (Å²) < 4.78 is 16.1. The molecule has 0 saturated carbocycles. The summed E-state index contributed by atoms with van der Waals surface area (Å²) in [6, 6.07) is 10.1. The molecule has 0 aromatic heterocycles. The first kappa shape index (κ1) is 14.9. The van der Waals surface area contributed by atoms with E-state index in [9.17, 15) is 0 Å². The number of rotatable bonds is 8. The molecule has 2 atom stereocenters. The second kappa shape index (κ2) is 8.86. The van der Waals surface area contributed by atoms with Gasteiger partial charge in [0.05, 0.1) is 12.7 Å². The first-order chi connectivity index (χ1) is 8.76. The molecule has 18 heavy (non-hydrogen) atoms. The summed E-state index contributed by atoms with van der Waals surface area (Å²) >= 11 is 0. The maximum Gasteiger partial charge on any atom is 0.161 e. The molecule has 0 N–H and O–H groups in total. The van der Waals surface area contributed by atoms with Crippen molar-refractivity contribution in [2.45, 2.75) is 32.3 Å². The minimum absolute atomic E-state index is 0.122. The lowest BCUT2D eigenvalue weighted by atomic mass is 10.2. The fraction of sp³-hybridized carbons (Fsp3) is 0.467. The molecule has 3 nitrogen and oxygen atoms in total. The molecule has 0 heterocycles. The molecule has 3 heteroatoms. The van der Waals surface area contributed by atoms with Gasteiger partial charge in [-0.25, -0.2) is 0 Å². The average Bonchev–Trinajstić information content (AvgIpc) is 2.43. The predicted molar refractivity (Wildman–Crippen MR) is 72.3 cm³/mol. The lowest BCUT2D eigenvalue weighted by molar-refractivity contribution is -0.128. The van der Waals surface area contributed by atoms with Crippen LogP contribution >= 0.6 is 0 Å². The Kier molecular flexibility index (Phi) is 7.34. The predicted octanol–water partition coefficient (Wildman–Crippen LogP) is 3.16. The van der Waals surface area contributed by atoms with Crippen molar-refractivity contribution < 1.29 is 14.2 Å². The molecule has 1 rings (SSSR count). The van der Waals surface area contributed by atoms with E-state index in [1.807, 2.05) is 49.4 Å². The normalized spacial score (nSPS) is 14.8. The highest BCUT2D eigenvalue weighted by Crippen LogP contribution is 2.07. The monoisotopic (exact) mass is 250 g/mol. The molecule has 0 radical (unpaired) electrons. The first-order valence-corrected chi connectivity index (χ1v) is 6.14. The van der Waals surface area contributed by atoms with Crippen molar-refractivity contribution in [3.8, 4) is 0 Å². The topological polar surface area (TPSA) is 27.7 Å². The Balaban J connectivity index is 2.31. The Bertz CT molecular complexity index is 335. The van der Waals surface area contributed by atoms with Gasteiger partial charge in [0, 0.05) is 20.6 Å². The second-order valence-electron chi connectivity index (χ2n) is 4.07. The van der Waals surface area contributed by atoms with Crippen LogP contribution in [0.25, 0.3) is 0 Å². The van der Waals surface area contributed by atoms with Gasteiger partial charge >= 0.3 is 0 Å². The molecule has 0 saturated heterocycles. The van der Waals surface area contributed by atoms with Crippen LogP contribution in [-0.4, -0.2) is 26.6 Å². The molecule has 0 amide bonds. The minimum atomic E-state index is -0.217. The Hall–Kier alpha value is -1.16. The second-order valence-corrected chi connectivity index (χ2v) is 4.07. The Labute approximate surface area is 109 Å². The molecular weight excluding hydrogens is 228 g/mol. The van der Waals surface area contributed by atoms with Crippen LogP contribution in [-0.2, 0) is 20.8 Å². The van der Waals surface area contributed by atoms with E-state index in [4.69, 9.17) is 14.2 Å². The van der Waals surface area contributed by atoms with Crippen molar-refractivity contribution in [3.63, 3.8) is 0 Å². The van der Waals surface area contributed by atoms with Crippen molar-refractivity contribution in [3.05, 3.63) is 48.0 Å². The third-order valence-electron chi connectivity index (χ3n) is 2.65. The average molecular weight is 250 g/mol. The van der Waals surface area contributed by atoms with Gasteiger partial charge < -0.3 is 14.2 Å².